The zero-order chi connectivity index (χ0) is 18.5. The van der Waals surface area contributed by atoms with Crippen LogP contribution in [0.5, 0.6) is 0 Å². The highest BCUT2D eigenvalue weighted by Crippen LogP contribution is 2.20. The number of hydrogen-bond acceptors (Lipinski definition) is 5. The van der Waals surface area contributed by atoms with E-state index < -0.39 is 0 Å². The van der Waals surface area contributed by atoms with Gasteiger partial charge in [0, 0.05) is 4.88 Å². The highest BCUT2D eigenvalue weighted by Gasteiger charge is 2.06. The predicted octanol–water partition coefficient (Wildman–Crippen LogP) is 5.62. The molecule has 4 nitrogen and oxygen atoms in total. The summed E-state index contributed by atoms with van der Waals surface area (Å²) >= 11 is 1.68. The topological polar surface area (TPSA) is 50.2 Å². The SMILES string of the molecule is Cc1ccc(/C=N/Nc2nc3ccccc3nc2/C=C/c2cccs2)cc1. The molecular formula is C22H18N4S. The maximum atomic E-state index is 4.73. The number of nitrogens with one attached hydrogen (secondary N) is 1. The molecule has 2 heterocycles. The molecule has 0 aliphatic heterocycles. The van der Waals surface area contributed by atoms with Crippen LogP contribution in [-0.4, -0.2) is 16.2 Å². The van der Waals surface area contributed by atoms with Gasteiger partial charge in [0.15, 0.2) is 5.82 Å². The number of aryl methyl sites for hydroxylation is 1. The van der Waals surface area contributed by atoms with E-state index in [1.165, 1.54) is 10.4 Å². The summed E-state index contributed by atoms with van der Waals surface area (Å²) in [6, 6.07) is 20.1. The second kappa shape index (κ2) is 7.93. The Balaban J connectivity index is 1.64. The van der Waals surface area contributed by atoms with Crippen LogP contribution in [-0.2, 0) is 0 Å². The van der Waals surface area contributed by atoms with Gasteiger partial charge in [-0.1, -0.05) is 48.0 Å². The Morgan fingerprint density at radius 1 is 0.889 bits per heavy atom. The molecule has 0 fully saturated rings. The lowest BCUT2D eigenvalue weighted by Crippen LogP contribution is -1.99. The molecule has 4 aromatic rings. The first-order valence-electron chi connectivity index (χ1n) is 8.62. The first kappa shape index (κ1) is 17.1. The number of hydrazone groups is 1. The monoisotopic (exact) mass is 370 g/mol. The van der Waals surface area contributed by atoms with Gasteiger partial charge in [0.1, 0.15) is 5.69 Å². The highest BCUT2D eigenvalue weighted by atomic mass is 32.1. The summed E-state index contributed by atoms with van der Waals surface area (Å²) in [4.78, 5) is 10.6. The second-order valence-electron chi connectivity index (χ2n) is 6.08. The number of para-hydroxylation sites is 2. The molecule has 0 saturated heterocycles. The normalized spacial score (nSPS) is 11.6. The Labute approximate surface area is 161 Å². The number of hydrogen-bond donors (Lipinski definition) is 1. The van der Waals surface area contributed by atoms with Crippen LogP contribution < -0.4 is 5.43 Å². The van der Waals surface area contributed by atoms with E-state index in [0.29, 0.717) is 5.82 Å². The van der Waals surface area contributed by atoms with Crippen LogP contribution >= 0.6 is 11.3 Å². The third kappa shape index (κ3) is 4.27. The van der Waals surface area contributed by atoms with E-state index in [1.807, 2.05) is 54.6 Å². The summed E-state index contributed by atoms with van der Waals surface area (Å²) in [7, 11) is 0. The Hall–Kier alpha value is -3.31. The second-order valence-corrected chi connectivity index (χ2v) is 7.05. The third-order valence-electron chi connectivity index (χ3n) is 4.01. The van der Waals surface area contributed by atoms with E-state index in [0.717, 1.165) is 22.3 Å². The average Bonchev–Trinajstić information content (AvgIpc) is 3.21. The zero-order valence-electron chi connectivity index (χ0n) is 14.8. The van der Waals surface area contributed by atoms with Crippen molar-refractivity contribution < 1.29 is 0 Å². The van der Waals surface area contributed by atoms with Crippen LogP contribution in [0.25, 0.3) is 23.2 Å². The maximum absolute atomic E-state index is 4.73. The number of aromatic nitrogens is 2. The van der Waals surface area contributed by atoms with Crippen LogP contribution in [0.2, 0.25) is 0 Å². The van der Waals surface area contributed by atoms with Gasteiger partial charge in [0.2, 0.25) is 0 Å². The molecule has 0 amide bonds. The fourth-order valence-electron chi connectivity index (χ4n) is 2.58. The largest absolute Gasteiger partial charge is 0.260 e. The number of anilines is 1. The van der Waals surface area contributed by atoms with Gasteiger partial charge in [-0.25, -0.2) is 9.97 Å². The van der Waals surface area contributed by atoms with Gasteiger partial charge in [-0.3, -0.25) is 5.43 Å². The number of benzene rings is 2. The fourth-order valence-corrected chi connectivity index (χ4v) is 3.20. The molecule has 0 spiro atoms. The predicted molar refractivity (Wildman–Crippen MR) is 115 cm³/mol. The van der Waals surface area contributed by atoms with Crippen molar-refractivity contribution in [2.24, 2.45) is 5.10 Å². The van der Waals surface area contributed by atoms with Crippen molar-refractivity contribution in [3.63, 3.8) is 0 Å². The highest BCUT2D eigenvalue weighted by molar-refractivity contribution is 7.10. The van der Waals surface area contributed by atoms with Crippen molar-refractivity contribution in [1.29, 1.82) is 0 Å². The van der Waals surface area contributed by atoms with E-state index in [2.05, 4.69) is 46.0 Å². The Kier molecular flexibility index (Phi) is 5.03. The molecule has 1 N–H and O–H groups in total. The molecule has 0 atom stereocenters. The first-order valence-corrected chi connectivity index (χ1v) is 9.50. The van der Waals surface area contributed by atoms with E-state index >= 15 is 0 Å². The lowest BCUT2D eigenvalue weighted by Gasteiger charge is -2.06. The molecule has 2 aromatic carbocycles. The average molecular weight is 370 g/mol. The summed E-state index contributed by atoms with van der Waals surface area (Å²) in [5, 5.41) is 6.40. The van der Waals surface area contributed by atoms with Gasteiger partial charge in [0.05, 0.1) is 17.2 Å². The lowest BCUT2D eigenvalue weighted by atomic mass is 10.2. The number of rotatable bonds is 5. The first-order chi connectivity index (χ1) is 13.3. The molecule has 0 aliphatic carbocycles. The lowest BCUT2D eigenvalue weighted by molar-refractivity contribution is 1.20. The molecule has 132 valence electrons. The smallest absolute Gasteiger partial charge is 0.173 e. The van der Waals surface area contributed by atoms with Gasteiger partial charge in [-0.05, 0) is 48.2 Å². The van der Waals surface area contributed by atoms with Gasteiger partial charge in [-0.15, -0.1) is 11.3 Å². The minimum absolute atomic E-state index is 0.630. The van der Waals surface area contributed by atoms with Crippen LogP contribution in [0.1, 0.15) is 21.7 Å². The van der Waals surface area contributed by atoms with Crippen molar-refractivity contribution in [1.82, 2.24) is 9.97 Å². The third-order valence-corrected chi connectivity index (χ3v) is 4.85. The molecule has 0 radical (unpaired) electrons. The summed E-state index contributed by atoms with van der Waals surface area (Å²) in [5.74, 6) is 0.630. The molecule has 4 rings (SSSR count). The van der Waals surface area contributed by atoms with Gasteiger partial charge >= 0.3 is 0 Å². The van der Waals surface area contributed by atoms with Gasteiger partial charge in [0.25, 0.3) is 0 Å². The minimum atomic E-state index is 0.630. The zero-order valence-corrected chi connectivity index (χ0v) is 15.6. The quantitative estimate of drug-likeness (QED) is 0.367. The fraction of sp³-hybridized carbons (Fsp3) is 0.0455. The molecule has 27 heavy (non-hydrogen) atoms. The van der Waals surface area contributed by atoms with Crippen LogP contribution in [0.4, 0.5) is 5.82 Å². The molecule has 2 aromatic heterocycles. The Morgan fingerprint density at radius 2 is 1.67 bits per heavy atom. The molecule has 0 aliphatic rings. The number of nitrogens with zero attached hydrogens (tertiary/aromatic N) is 3. The molecule has 0 bridgehead atoms. The summed E-state index contributed by atoms with van der Waals surface area (Å²) in [5.41, 5.74) is 7.74. The summed E-state index contributed by atoms with van der Waals surface area (Å²) < 4.78 is 0. The number of thiophene rings is 1. The Bertz CT molecular complexity index is 1100. The Morgan fingerprint density at radius 3 is 2.41 bits per heavy atom. The van der Waals surface area contributed by atoms with Crippen molar-refractivity contribution >= 4 is 46.6 Å². The standard InChI is InChI=1S/C22H18N4S/c1-16-8-10-17(11-9-16)15-23-26-22-21(13-12-18-5-4-14-27-18)24-19-6-2-3-7-20(19)25-22/h2-15H,1H3,(H,25,26)/b13-12+,23-15+. The molecule has 5 heteroatoms. The van der Waals surface area contributed by atoms with Crippen molar-refractivity contribution in [2.45, 2.75) is 6.92 Å². The van der Waals surface area contributed by atoms with Gasteiger partial charge < -0.3 is 0 Å². The van der Waals surface area contributed by atoms with Crippen molar-refractivity contribution in [3.05, 3.63) is 87.7 Å². The molecular weight excluding hydrogens is 352 g/mol. The maximum Gasteiger partial charge on any atom is 0.173 e. The van der Waals surface area contributed by atoms with Crippen LogP contribution in [0.3, 0.4) is 0 Å². The van der Waals surface area contributed by atoms with E-state index in [1.54, 1.807) is 17.6 Å². The molecule has 0 saturated carbocycles. The van der Waals surface area contributed by atoms with Crippen molar-refractivity contribution in [2.75, 3.05) is 5.43 Å². The summed E-state index contributed by atoms with van der Waals surface area (Å²) in [6.45, 7) is 2.07. The van der Waals surface area contributed by atoms with Gasteiger partial charge in [-0.2, -0.15) is 5.10 Å². The summed E-state index contributed by atoms with van der Waals surface area (Å²) in [6.07, 6.45) is 5.79. The van der Waals surface area contributed by atoms with E-state index in [4.69, 9.17) is 4.98 Å². The van der Waals surface area contributed by atoms with E-state index in [9.17, 15) is 0 Å². The van der Waals surface area contributed by atoms with Crippen LogP contribution in [0, 0.1) is 6.92 Å². The van der Waals surface area contributed by atoms with E-state index in [-0.39, 0.29) is 0 Å². The molecule has 0 unspecified atom stereocenters. The minimum Gasteiger partial charge on any atom is -0.260 e. The number of fused-ring (bicyclic) bond motifs is 1. The van der Waals surface area contributed by atoms with Crippen molar-refractivity contribution in [3.8, 4) is 0 Å². The van der Waals surface area contributed by atoms with Crippen LogP contribution in [0.15, 0.2) is 71.1 Å².